The van der Waals surface area contributed by atoms with Crippen molar-refractivity contribution in [2.45, 2.75) is 39.2 Å². The van der Waals surface area contributed by atoms with Gasteiger partial charge < -0.3 is 9.30 Å². The Balaban J connectivity index is 2.52. The topological polar surface area (TPSA) is 26.5 Å². The Labute approximate surface area is 163 Å². The largest absolute Gasteiger partial charge is 0.496 e. The van der Waals surface area contributed by atoms with E-state index in [1.165, 1.54) is 4.88 Å². The number of methoxy groups -OCH3 is 1. The molecule has 1 heterocycles. The fraction of sp³-hybridized carbons (Fsp3) is 0.368. The molecule has 0 aliphatic heterocycles. The van der Waals surface area contributed by atoms with Gasteiger partial charge in [0.2, 0.25) is 0 Å². The van der Waals surface area contributed by atoms with E-state index >= 15 is 0 Å². The van der Waals surface area contributed by atoms with Crippen LogP contribution in [-0.4, -0.2) is 16.7 Å². The average molecular weight is 393 g/mol. The second-order valence-electron chi connectivity index (χ2n) is 6.54. The zero-order valence-electron chi connectivity index (χ0n) is 14.8. The molecule has 1 aromatic carbocycles. The molecule has 132 valence electrons. The SMILES string of the molecule is C#CCCn1cc(C(C)(C)C)s/c1=N\C(=S)c1cc(Cl)ccc1OC. The van der Waals surface area contributed by atoms with E-state index in [0.29, 0.717) is 34.3 Å². The predicted molar refractivity (Wildman–Crippen MR) is 110 cm³/mol. The molecule has 0 amide bonds. The minimum absolute atomic E-state index is 0.0334. The van der Waals surface area contributed by atoms with E-state index in [1.54, 1.807) is 36.6 Å². The van der Waals surface area contributed by atoms with Crippen LogP contribution in [0.15, 0.2) is 29.4 Å². The van der Waals surface area contributed by atoms with Gasteiger partial charge in [0.25, 0.3) is 0 Å². The van der Waals surface area contributed by atoms with Crippen molar-refractivity contribution < 1.29 is 4.74 Å². The first-order valence-electron chi connectivity index (χ1n) is 7.83. The summed E-state index contributed by atoms with van der Waals surface area (Å²) in [5, 5.41) is 0.593. The van der Waals surface area contributed by atoms with Crippen molar-refractivity contribution in [1.29, 1.82) is 0 Å². The van der Waals surface area contributed by atoms with Crippen LogP contribution in [0.25, 0.3) is 0 Å². The van der Waals surface area contributed by atoms with Crippen molar-refractivity contribution in [1.82, 2.24) is 4.57 Å². The van der Waals surface area contributed by atoms with E-state index in [-0.39, 0.29) is 5.41 Å². The molecule has 0 spiro atoms. The fourth-order valence-corrected chi connectivity index (χ4v) is 3.71. The normalized spacial score (nSPS) is 12.1. The van der Waals surface area contributed by atoms with Gasteiger partial charge in [0, 0.05) is 29.1 Å². The summed E-state index contributed by atoms with van der Waals surface area (Å²) in [4.78, 5) is 7.16. The summed E-state index contributed by atoms with van der Waals surface area (Å²) in [6, 6.07) is 5.33. The predicted octanol–water partition coefficient (Wildman–Crippen LogP) is 4.81. The minimum atomic E-state index is 0.0334. The first-order chi connectivity index (χ1) is 11.8. The Morgan fingerprint density at radius 1 is 1.44 bits per heavy atom. The summed E-state index contributed by atoms with van der Waals surface area (Å²) in [5.41, 5.74) is 0.741. The smallest absolute Gasteiger partial charge is 0.191 e. The fourth-order valence-electron chi connectivity index (χ4n) is 2.15. The maximum absolute atomic E-state index is 6.10. The molecule has 0 saturated heterocycles. The lowest BCUT2D eigenvalue weighted by atomic mass is 9.95. The molecular formula is C19H21ClN2OS2. The third-order valence-corrected chi connectivity index (χ3v) is 5.54. The van der Waals surface area contributed by atoms with Gasteiger partial charge in [0.15, 0.2) is 4.80 Å². The van der Waals surface area contributed by atoms with Crippen LogP contribution in [-0.2, 0) is 12.0 Å². The first-order valence-corrected chi connectivity index (χ1v) is 9.43. The van der Waals surface area contributed by atoms with Gasteiger partial charge in [-0.25, -0.2) is 4.99 Å². The van der Waals surface area contributed by atoms with Crippen LogP contribution in [0.5, 0.6) is 5.75 Å². The molecule has 0 unspecified atom stereocenters. The Morgan fingerprint density at radius 2 is 2.16 bits per heavy atom. The van der Waals surface area contributed by atoms with Gasteiger partial charge in [0.1, 0.15) is 10.7 Å². The monoisotopic (exact) mass is 392 g/mol. The summed E-state index contributed by atoms with van der Waals surface area (Å²) >= 11 is 13.3. The number of aryl methyl sites for hydroxylation is 1. The molecule has 6 heteroatoms. The Kier molecular flexibility index (Phi) is 6.45. The quantitative estimate of drug-likeness (QED) is 0.551. The first kappa shape index (κ1) is 19.7. The molecule has 0 fully saturated rings. The van der Waals surface area contributed by atoms with Crippen LogP contribution < -0.4 is 9.54 Å². The van der Waals surface area contributed by atoms with Crippen LogP contribution in [0, 0.1) is 12.3 Å². The van der Waals surface area contributed by atoms with Crippen LogP contribution in [0.3, 0.4) is 0 Å². The van der Waals surface area contributed by atoms with E-state index in [9.17, 15) is 0 Å². The van der Waals surface area contributed by atoms with E-state index in [1.807, 2.05) is 0 Å². The number of benzene rings is 1. The molecule has 0 aliphatic carbocycles. The number of rotatable bonds is 4. The molecule has 3 nitrogen and oxygen atoms in total. The van der Waals surface area contributed by atoms with Gasteiger partial charge >= 0.3 is 0 Å². The molecule has 0 radical (unpaired) electrons. The number of hydrogen-bond acceptors (Lipinski definition) is 3. The molecule has 0 saturated carbocycles. The molecule has 2 aromatic rings. The van der Waals surface area contributed by atoms with E-state index in [0.717, 1.165) is 4.80 Å². The molecule has 1 aromatic heterocycles. The standard InChI is InChI=1S/C19H21ClN2OS2/c1-6-7-10-22-12-16(19(2,3)4)25-18(22)21-17(24)14-11-13(20)8-9-15(14)23-5/h1,8-9,11-12H,7,10H2,2-5H3/b21-18-. The van der Waals surface area contributed by atoms with Gasteiger partial charge in [-0.2, -0.15) is 0 Å². The summed E-state index contributed by atoms with van der Waals surface area (Å²) in [7, 11) is 1.60. The molecule has 0 atom stereocenters. The highest BCUT2D eigenvalue weighted by Crippen LogP contribution is 2.26. The molecule has 0 N–H and O–H groups in total. The number of hydrogen-bond donors (Lipinski definition) is 0. The Bertz CT molecular complexity index is 882. The van der Waals surface area contributed by atoms with Gasteiger partial charge in [-0.3, -0.25) is 0 Å². The van der Waals surface area contributed by atoms with Crippen LogP contribution in [0.2, 0.25) is 5.02 Å². The lowest BCUT2D eigenvalue weighted by Crippen LogP contribution is -2.16. The number of thiocarbonyl (C=S) groups is 1. The number of thiazole rings is 1. The molecule has 2 rings (SSSR count). The third kappa shape index (κ3) is 4.94. The summed E-state index contributed by atoms with van der Waals surface area (Å²) in [5.74, 6) is 3.33. The van der Waals surface area contributed by atoms with Crippen LogP contribution in [0.4, 0.5) is 0 Å². The molecule has 0 aliphatic rings. The van der Waals surface area contributed by atoms with Gasteiger partial charge in [0.05, 0.1) is 12.7 Å². The average Bonchev–Trinajstić information content (AvgIpc) is 2.95. The lowest BCUT2D eigenvalue weighted by molar-refractivity contribution is 0.414. The summed E-state index contributed by atoms with van der Waals surface area (Å²) < 4.78 is 7.44. The molecular weight excluding hydrogens is 372 g/mol. The van der Waals surface area contributed by atoms with E-state index in [4.69, 9.17) is 35.0 Å². The van der Waals surface area contributed by atoms with Gasteiger partial charge in [-0.15, -0.1) is 23.7 Å². The maximum Gasteiger partial charge on any atom is 0.191 e. The van der Waals surface area contributed by atoms with Crippen molar-refractivity contribution in [3.05, 3.63) is 44.7 Å². The van der Waals surface area contributed by atoms with Crippen LogP contribution >= 0.6 is 35.2 Å². The molecule has 0 bridgehead atoms. The van der Waals surface area contributed by atoms with Crippen molar-refractivity contribution in [2.75, 3.05) is 7.11 Å². The second kappa shape index (κ2) is 8.18. The van der Waals surface area contributed by atoms with Crippen molar-refractivity contribution in [3.8, 4) is 18.1 Å². The number of nitrogens with zero attached hydrogens (tertiary/aromatic N) is 2. The highest BCUT2D eigenvalue weighted by Gasteiger charge is 2.18. The highest BCUT2D eigenvalue weighted by atomic mass is 35.5. The van der Waals surface area contributed by atoms with Crippen LogP contribution in [0.1, 0.15) is 37.6 Å². The van der Waals surface area contributed by atoms with Crippen molar-refractivity contribution in [2.24, 2.45) is 4.99 Å². The number of aromatic nitrogens is 1. The summed E-state index contributed by atoms with van der Waals surface area (Å²) in [6.07, 6.45) is 8.17. The lowest BCUT2D eigenvalue weighted by Gasteiger charge is -2.14. The Hall–Kier alpha value is -1.61. The summed E-state index contributed by atoms with van der Waals surface area (Å²) in [6.45, 7) is 7.22. The third-order valence-electron chi connectivity index (χ3n) is 3.55. The highest BCUT2D eigenvalue weighted by molar-refractivity contribution is 7.80. The van der Waals surface area contributed by atoms with E-state index in [2.05, 4.69) is 42.4 Å². The molecule has 25 heavy (non-hydrogen) atoms. The number of ether oxygens (including phenoxy) is 1. The number of terminal acetylenes is 1. The minimum Gasteiger partial charge on any atom is -0.496 e. The number of halogens is 1. The van der Waals surface area contributed by atoms with Gasteiger partial charge in [-0.05, 0) is 23.6 Å². The maximum atomic E-state index is 6.10. The van der Waals surface area contributed by atoms with Crippen molar-refractivity contribution in [3.63, 3.8) is 0 Å². The van der Waals surface area contributed by atoms with E-state index < -0.39 is 0 Å². The van der Waals surface area contributed by atoms with Gasteiger partial charge in [-0.1, -0.05) is 44.6 Å². The zero-order valence-corrected chi connectivity index (χ0v) is 17.2. The zero-order chi connectivity index (χ0) is 18.6. The Morgan fingerprint density at radius 3 is 2.76 bits per heavy atom. The second-order valence-corrected chi connectivity index (χ2v) is 8.37. The van der Waals surface area contributed by atoms with Crippen molar-refractivity contribution >= 4 is 40.1 Å².